The molecular formula is C13H13N3O. The van der Waals surface area contributed by atoms with E-state index in [-0.39, 0.29) is 6.10 Å². The number of rotatable bonds is 2. The molecule has 1 aromatic heterocycles. The predicted octanol–water partition coefficient (Wildman–Crippen LogP) is 1.41. The van der Waals surface area contributed by atoms with Crippen LogP contribution in [0.25, 0.3) is 11.3 Å². The molecule has 4 nitrogen and oxygen atoms in total. The average molecular weight is 227 g/mol. The third-order valence-electron chi connectivity index (χ3n) is 2.93. The smallest absolute Gasteiger partial charge is 0.132 e. The first-order valence-electron chi connectivity index (χ1n) is 5.63. The largest absolute Gasteiger partial charge is 0.488 e. The van der Waals surface area contributed by atoms with Crippen LogP contribution < -0.4 is 10.5 Å². The van der Waals surface area contributed by atoms with Gasteiger partial charge in [-0.2, -0.15) is 0 Å². The van der Waals surface area contributed by atoms with Crippen LogP contribution in [0.4, 0.5) is 0 Å². The minimum Gasteiger partial charge on any atom is -0.488 e. The van der Waals surface area contributed by atoms with Gasteiger partial charge < -0.3 is 10.5 Å². The number of para-hydroxylation sites is 1. The molecule has 0 unspecified atom stereocenters. The zero-order valence-electron chi connectivity index (χ0n) is 9.34. The summed E-state index contributed by atoms with van der Waals surface area (Å²) in [6.45, 7) is 0.536. The van der Waals surface area contributed by atoms with Gasteiger partial charge in [-0.1, -0.05) is 12.1 Å². The Morgan fingerprint density at radius 1 is 1.35 bits per heavy atom. The molecule has 0 saturated carbocycles. The summed E-state index contributed by atoms with van der Waals surface area (Å²) >= 11 is 0. The molecule has 17 heavy (non-hydrogen) atoms. The summed E-state index contributed by atoms with van der Waals surface area (Å²) in [7, 11) is 0. The van der Waals surface area contributed by atoms with E-state index in [1.54, 1.807) is 18.6 Å². The van der Waals surface area contributed by atoms with Gasteiger partial charge in [0.15, 0.2) is 0 Å². The second kappa shape index (κ2) is 4.14. The van der Waals surface area contributed by atoms with Crippen LogP contribution in [0.1, 0.15) is 5.56 Å². The normalized spacial score (nSPS) is 17.6. The number of benzene rings is 1. The van der Waals surface area contributed by atoms with Gasteiger partial charge in [-0.25, -0.2) is 0 Å². The molecule has 1 aliphatic rings. The Morgan fingerprint density at radius 3 is 3.06 bits per heavy atom. The van der Waals surface area contributed by atoms with Gasteiger partial charge in [0, 0.05) is 30.9 Å². The highest BCUT2D eigenvalue weighted by Crippen LogP contribution is 2.37. The molecule has 4 heteroatoms. The molecule has 0 bridgehead atoms. The molecule has 2 aromatic rings. The van der Waals surface area contributed by atoms with Crippen molar-refractivity contribution in [2.75, 3.05) is 6.54 Å². The van der Waals surface area contributed by atoms with Crippen LogP contribution in [0.3, 0.4) is 0 Å². The lowest BCUT2D eigenvalue weighted by Gasteiger charge is -2.09. The van der Waals surface area contributed by atoms with Crippen molar-refractivity contribution >= 4 is 0 Å². The minimum absolute atomic E-state index is 0.0859. The fourth-order valence-electron chi connectivity index (χ4n) is 2.11. The molecule has 86 valence electrons. The first kappa shape index (κ1) is 10.2. The Labute approximate surface area is 99.5 Å². The molecule has 0 fully saturated rings. The summed E-state index contributed by atoms with van der Waals surface area (Å²) in [5.41, 5.74) is 8.67. The number of nitrogens with two attached hydrogens (primary N) is 1. The van der Waals surface area contributed by atoms with E-state index in [4.69, 9.17) is 10.5 Å². The fraction of sp³-hybridized carbons (Fsp3) is 0.231. The van der Waals surface area contributed by atoms with Crippen LogP contribution in [0, 0.1) is 0 Å². The van der Waals surface area contributed by atoms with Gasteiger partial charge in [-0.15, -0.1) is 0 Å². The van der Waals surface area contributed by atoms with E-state index >= 15 is 0 Å². The van der Waals surface area contributed by atoms with E-state index in [1.165, 1.54) is 5.56 Å². The van der Waals surface area contributed by atoms with E-state index < -0.39 is 0 Å². The van der Waals surface area contributed by atoms with Gasteiger partial charge >= 0.3 is 0 Å². The molecule has 1 atom stereocenters. The van der Waals surface area contributed by atoms with Crippen molar-refractivity contribution in [3.05, 3.63) is 42.4 Å². The maximum Gasteiger partial charge on any atom is 0.132 e. The molecule has 1 aliphatic heterocycles. The minimum atomic E-state index is 0.0859. The molecule has 0 aliphatic carbocycles. The van der Waals surface area contributed by atoms with Gasteiger partial charge in [-0.05, 0) is 11.6 Å². The summed E-state index contributed by atoms with van der Waals surface area (Å²) in [6.07, 6.45) is 6.05. The number of nitrogens with zero attached hydrogens (tertiary/aromatic N) is 2. The highest BCUT2D eigenvalue weighted by atomic mass is 16.5. The quantitative estimate of drug-likeness (QED) is 0.842. The summed E-state index contributed by atoms with van der Waals surface area (Å²) in [4.78, 5) is 8.39. The van der Waals surface area contributed by atoms with E-state index in [0.717, 1.165) is 23.4 Å². The van der Waals surface area contributed by atoms with E-state index in [1.807, 2.05) is 12.1 Å². The van der Waals surface area contributed by atoms with Crippen molar-refractivity contribution in [1.82, 2.24) is 9.97 Å². The standard InChI is InChI=1S/C13H13N3O/c14-7-10-6-9-2-1-3-11(13(9)17-10)12-8-15-4-5-16-12/h1-5,8,10H,6-7,14H2/t10-/m1/s1. The number of ether oxygens (including phenoxy) is 1. The van der Waals surface area contributed by atoms with E-state index in [0.29, 0.717) is 6.54 Å². The van der Waals surface area contributed by atoms with Crippen LogP contribution in [0.15, 0.2) is 36.8 Å². The van der Waals surface area contributed by atoms with Gasteiger partial charge in [0.25, 0.3) is 0 Å². The first-order valence-corrected chi connectivity index (χ1v) is 5.63. The monoisotopic (exact) mass is 227 g/mol. The zero-order valence-corrected chi connectivity index (χ0v) is 9.34. The Bertz CT molecular complexity index is 527. The van der Waals surface area contributed by atoms with Crippen LogP contribution in [-0.4, -0.2) is 22.6 Å². The second-order valence-electron chi connectivity index (χ2n) is 4.06. The topological polar surface area (TPSA) is 61.0 Å². The number of fused-ring (bicyclic) bond motifs is 1. The van der Waals surface area contributed by atoms with Crippen LogP contribution in [0.2, 0.25) is 0 Å². The predicted molar refractivity (Wildman–Crippen MR) is 64.6 cm³/mol. The van der Waals surface area contributed by atoms with Gasteiger partial charge in [0.2, 0.25) is 0 Å². The lowest BCUT2D eigenvalue weighted by Crippen LogP contribution is -2.24. The molecule has 1 aromatic carbocycles. The number of aromatic nitrogens is 2. The van der Waals surface area contributed by atoms with E-state index in [2.05, 4.69) is 16.0 Å². The van der Waals surface area contributed by atoms with Crippen LogP contribution in [0.5, 0.6) is 5.75 Å². The number of hydrogen-bond donors (Lipinski definition) is 1. The zero-order chi connectivity index (χ0) is 11.7. The Hall–Kier alpha value is -1.94. The Kier molecular flexibility index (Phi) is 2.49. The van der Waals surface area contributed by atoms with Gasteiger partial charge in [0.05, 0.1) is 11.9 Å². The lowest BCUT2D eigenvalue weighted by atomic mass is 10.0. The van der Waals surface area contributed by atoms with Gasteiger partial charge in [-0.3, -0.25) is 9.97 Å². The first-order chi connectivity index (χ1) is 8.38. The summed E-state index contributed by atoms with van der Waals surface area (Å²) < 4.78 is 5.85. The third-order valence-corrected chi connectivity index (χ3v) is 2.93. The van der Waals surface area contributed by atoms with Crippen molar-refractivity contribution in [3.63, 3.8) is 0 Å². The average Bonchev–Trinajstić information content (AvgIpc) is 2.82. The highest BCUT2D eigenvalue weighted by molar-refractivity contribution is 5.69. The van der Waals surface area contributed by atoms with Crippen molar-refractivity contribution in [3.8, 4) is 17.0 Å². The summed E-state index contributed by atoms with van der Waals surface area (Å²) in [6, 6.07) is 6.09. The SMILES string of the molecule is NC[C@H]1Cc2cccc(-c3cnccn3)c2O1. The van der Waals surface area contributed by atoms with Crippen LogP contribution >= 0.6 is 0 Å². The summed E-state index contributed by atoms with van der Waals surface area (Å²) in [5, 5.41) is 0. The molecule has 2 N–H and O–H groups in total. The third kappa shape index (κ3) is 1.76. The molecule has 3 rings (SSSR count). The fourth-order valence-corrected chi connectivity index (χ4v) is 2.11. The number of hydrogen-bond acceptors (Lipinski definition) is 4. The molecule has 0 saturated heterocycles. The molecule has 0 amide bonds. The summed E-state index contributed by atoms with van der Waals surface area (Å²) in [5.74, 6) is 0.906. The molecular weight excluding hydrogens is 214 g/mol. The maximum absolute atomic E-state index is 5.85. The van der Waals surface area contributed by atoms with E-state index in [9.17, 15) is 0 Å². The molecule has 0 spiro atoms. The van der Waals surface area contributed by atoms with Crippen molar-refractivity contribution in [2.45, 2.75) is 12.5 Å². The van der Waals surface area contributed by atoms with Crippen molar-refractivity contribution in [1.29, 1.82) is 0 Å². The Morgan fingerprint density at radius 2 is 2.29 bits per heavy atom. The van der Waals surface area contributed by atoms with Gasteiger partial charge in [0.1, 0.15) is 11.9 Å². The molecule has 0 radical (unpaired) electrons. The second-order valence-corrected chi connectivity index (χ2v) is 4.06. The lowest BCUT2D eigenvalue weighted by molar-refractivity contribution is 0.242. The molecule has 2 heterocycles. The van der Waals surface area contributed by atoms with Crippen molar-refractivity contribution < 1.29 is 4.74 Å². The van der Waals surface area contributed by atoms with Crippen LogP contribution in [-0.2, 0) is 6.42 Å². The van der Waals surface area contributed by atoms with Crippen molar-refractivity contribution in [2.24, 2.45) is 5.73 Å². The Balaban J connectivity index is 2.07. The maximum atomic E-state index is 5.85. The highest BCUT2D eigenvalue weighted by Gasteiger charge is 2.24.